The van der Waals surface area contributed by atoms with E-state index in [1.54, 1.807) is 6.20 Å². The SMILES string of the molecule is CC(N)CCC(=O)Nc1nc(-c2ccccn2)cs1. The first-order valence-corrected chi connectivity index (χ1v) is 6.95. The van der Waals surface area contributed by atoms with Gasteiger partial charge in [-0.2, -0.15) is 0 Å². The molecule has 2 aromatic rings. The van der Waals surface area contributed by atoms with Gasteiger partial charge >= 0.3 is 0 Å². The van der Waals surface area contributed by atoms with Crippen molar-refractivity contribution in [1.82, 2.24) is 9.97 Å². The summed E-state index contributed by atoms with van der Waals surface area (Å²) in [6, 6.07) is 5.68. The predicted octanol–water partition coefficient (Wildman–Crippen LogP) is 2.27. The summed E-state index contributed by atoms with van der Waals surface area (Å²) < 4.78 is 0. The van der Waals surface area contributed by atoms with E-state index in [1.807, 2.05) is 30.5 Å². The highest BCUT2D eigenvalue weighted by molar-refractivity contribution is 7.14. The fourth-order valence-corrected chi connectivity index (χ4v) is 2.22. The molecule has 2 aromatic heterocycles. The highest BCUT2D eigenvalue weighted by atomic mass is 32.1. The van der Waals surface area contributed by atoms with Crippen LogP contribution in [0.4, 0.5) is 5.13 Å². The molecule has 1 unspecified atom stereocenters. The van der Waals surface area contributed by atoms with E-state index in [4.69, 9.17) is 5.73 Å². The van der Waals surface area contributed by atoms with Crippen LogP contribution < -0.4 is 11.1 Å². The zero-order valence-electron chi connectivity index (χ0n) is 10.7. The number of nitrogens with zero attached hydrogens (tertiary/aromatic N) is 2. The maximum absolute atomic E-state index is 11.6. The summed E-state index contributed by atoms with van der Waals surface area (Å²) in [6.45, 7) is 1.88. The third kappa shape index (κ3) is 4.11. The molecule has 100 valence electrons. The molecule has 0 spiro atoms. The maximum atomic E-state index is 11.6. The molecule has 0 aromatic carbocycles. The third-order valence-electron chi connectivity index (χ3n) is 2.50. The van der Waals surface area contributed by atoms with Crippen LogP contribution >= 0.6 is 11.3 Å². The molecule has 0 saturated heterocycles. The standard InChI is InChI=1S/C13H16N4OS/c1-9(14)5-6-12(18)17-13-16-11(8-19-13)10-4-2-3-7-15-10/h2-4,7-9H,5-6,14H2,1H3,(H,16,17,18). The summed E-state index contributed by atoms with van der Waals surface area (Å²) in [4.78, 5) is 20.2. The number of thiazole rings is 1. The van der Waals surface area contributed by atoms with Crippen LogP contribution in [0.3, 0.4) is 0 Å². The monoisotopic (exact) mass is 276 g/mol. The lowest BCUT2D eigenvalue weighted by Crippen LogP contribution is -2.19. The molecule has 0 aliphatic heterocycles. The molecule has 19 heavy (non-hydrogen) atoms. The Bertz CT molecular complexity index is 539. The van der Waals surface area contributed by atoms with Gasteiger partial charge in [-0.05, 0) is 25.5 Å². The van der Waals surface area contributed by atoms with Crippen molar-refractivity contribution in [2.24, 2.45) is 5.73 Å². The number of aromatic nitrogens is 2. The van der Waals surface area contributed by atoms with E-state index in [9.17, 15) is 4.79 Å². The lowest BCUT2D eigenvalue weighted by atomic mass is 10.2. The van der Waals surface area contributed by atoms with E-state index in [0.717, 1.165) is 11.4 Å². The molecular weight excluding hydrogens is 260 g/mol. The van der Waals surface area contributed by atoms with Crippen molar-refractivity contribution in [2.75, 3.05) is 5.32 Å². The number of rotatable bonds is 5. The van der Waals surface area contributed by atoms with Crippen LogP contribution in [0.15, 0.2) is 29.8 Å². The topological polar surface area (TPSA) is 80.9 Å². The molecule has 0 aliphatic rings. The summed E-state index contributed by atoms with van der Waals surface area (Å²) in [7, 11) is 0. The van der Waals surface area contributed by atoms with Gasteiger partial charge in [-0.25, -0.2) is 4.98 Å². The summed E-state index contributed by atoms with van der Waals surface area (Å²) in [5.74, 6) is -0.0563. The lowest BCUT2D eigenvalue weighted by Gasteiger charge is -2.04. The van der Waals surface area contributed by atoms with Crippen LogP contribution in [0.2, 0.25) is 0 Å². The molecule has 2 rings (SSSR count). The van der Waals surface area contributed by atoms with Crippen LogP contribution in [0, 0.1) is 0 Å². The Morgan fingerprint density at radius 2 is 2.32 bits per heavy atom. The third-order valence-corrected chi connectivity index (χ3v) is 3.26. The van der Waals surface area contributed by atoms with Crippen LogP contribution in [-0.2, 0) is 4.79 Å². The van der Waals surface area contributed by atoms with Gasteiger partial charge in [0.25, 0.3) is 0 Å². The number of carbonyl (C=O) groups excluding carboxylic acids is 1. The summed E-state index contributed by atoms with van der Waals surface area (Å²) in [6.07, 6.45) is 2.80. The summed E-state index contributed by atoms with van der Waals surface area (Å²) >= 11 is 1.39. The molecule has 5 nitrogen and oxygen atoms in total. The summed E-state index contributed by atoms with van der Waals surface area (Å²) in [5, 5.41) is 5.24. The van der Waals surface area contributed by atoms with Crippen LogP contribution in [0.5, 0.6) is 0 Å². The van der Waals surface area contributed by atoms with Gasteiger partial charge in [0.2, 0.25) is 5.91 Å². The van der Waals surface area contributed by atoms with Gasteiger partial charge in [0, 0.05) is 24.0 Å². The molecule has 0 aliphatic carbocycles. The first-order chi connectivity index (χ1) is 9.15. The molecule has 1 atom stereocenters. The predicted molar refractivity (Wildman–Crippen MR) is 76.9 cm³/mol. The van der Waals surface area contributed by atoms with Crippen molar-refractivity contribution >= 4 is 22.4 Å². The molecule has 0 saturated carbocycles. The Morgan fingerprint density at radius 3 is 3.00 bits per heavy atom. The molecule has 0 bridgehead atoms. The van der Waals surface area contributed by atoms with Crippen molar-refractivity contribution in [2.45, 2.75) is 25.8 Å². The molecular formula is C13H16N4OS. The Morgan fingerprint density at radius 1 is 1.47 bits per heavy atom. The number of hydrogen-bond acceptors (Lipinski definition) is 5. The fourth-order valence-electron chi connectivity index (χ4n) is 1.50. The van der Waals surface area contributed by atoms with Gasteiger partial charge in [-0.15, -0.1) is 11.3 Å². The molecule has 0 radical (unpaired) electrons. The van der Waals surface area contributed by atoms with E-state index in [0.29, 0.717) is 18.0 Å². The van der Waals surface area contributed by atoms with E-state index in [-0.39, 0.29) is 11.9 Å². The minimum absolute atomic E-state index is 0.0334. The number of amides is 1. The molecule has 3 N–H and O–H groups in total. The Balaban J connectivity index is 1.96. The van der Waals surface area contributed by atoms with E-state index >= 15 is 0 Å². The number of hydrogen-bond donors (Lipinski definition) is 2. The van der Waals surface area contributed by atoms with E-state index < -0.39 is 0 Å². The minimum Gasteiger partial charge on any atom is -0.328 e. The average Bonchev–Trinajstić information content (AvgIpc) is 2.86. The zero-order valence-corrected chi connectivity index (χ0v) is 11.5. The van der Waals surface area contributed by atoms with Crippen molar-refractivity contribution in [1.29, 1.82) is 0 Å². The van der Waals surface area contributed by atoms with Gasteiger partial charge in [-0.3, -0.25) is 9.78 Å². The minimum atomic E-state index is -0.0563. The van der Waals surface area contributed by atoms with Crippen LogP contribution in [-0.4, -0.2) is 21.9 Å². The Hall–Kier alpha value is -1.79. The molecule has 0 fully saturated rings. The van der Waals surface area contributed by atoms with Crippen molar-refractivity contribution in [3.05, 3.63) is 29.8 Å². The molecule has 1 amide bonds. The van der Waals surface area contributed by atoms with Gasteiger partial charge in [0.05, 0.1) is 5.69 Å². The Labute approximate surface area is 115 Å². The number of carbonyl (C=O) groups is 1. The maximum Gasteiger partial charge on any atom is 0.226 e. The van der Waals surface area contributed by atoms with E-state index in [2.05, 4.69) is 15.3 Å². The first kappa shape index (κ1) is 13.6. The second kappa shape index (κ2) is 6.40. The zero-order chi connectivity index (χ0) is 13.7. The largest absolute Gasteiger partial charge is 0.328 e. The smallest absolute Gasteiger partial charge is 0.226 e. The highest BCUT2D eigenvalue weighted by Crippen LogP contribution is 2.23. The average molecular weight is 276 g/mol. The number of nitrogens with two attached hydrogens (primary N) is 1. The van der Waals surface area contributed by atoms with Gasteiger partial charge < -0.3 is 11.1 Å². The molecule has 2 heterocycles. The van der Waals surface area contributed by atoms with Crippen LogP contribution in [0.25, 0.3) is 11.4 Å². The van der Waals surface area contributed by atoms with Crippen molar-refractivity contribution in [3.63, 3.8) is 0 Å². The molecule has 6 heteroatoms. The first-order valence-electron chi connectivity index (χ1n) is 6.07. The van der Waals surface area contributed by atoms with Gasteiger partial charge in [0.1, 0.15) is 5.69 Å². The number of pyridine rings is 1. The number of nitrogens with one attached hydrogen (secondary N) is 1. The van der Waals surface area contributed by atoms with Gasteiger partial charge in [-0.1, -0.05) is 6.07 Å². The van der Waals surface area contributed by atoms with Crippen molar-refractivity contribution < 1.29 is 4.79 Å². The second-order valence-corrected chi connectivity index (χ2v) is 5.18. The van der Waals surface area contributed by atoms with Gasteiger partial charge in [0.15, 0.2) is 5.13 Å². The normalized spacial score (nSPS) is 12.1. The number of anilines is 1. The second-order valence-electron chi connectivity index (χ2n) is 4.32. The highest BCUT2D eigenvalue weighted by Gasteiger charge is 2.09. The van der Waals surface area contributed by atoms with E-state index in [1.165, 1.54) is 11.3 Å². The lowest BCUT2D eigenvalue weighted by molar-refractivity contribution is -0.116. The van der Waals surface area contributed by atoms with Crippen molar-refractivity contribution in [3.8, 4) is 11.4 Å². The van der Waals surface area contributed by atoms with Crippen LogP contribution in [0.1, 0.15) is 19.8 Å². The quantitative estimate of drug-likeness (QED) is 0.877. The fraction of sp³-hybridized carbons (Fsp3) is 0.308. The Kier molecular flexibility index (Phi) is 4.59. The summed E-state index contributed by atoms with van der Waals surface area (Å²) in [5.41, 5.74) is 7.19.